The average Bonchev–Trinajstić information content (AvgIpc) is 2.87. The molecule has 0 saturated heterocycles. The zero-order valence-corrected chi connectivity index (χ0v) is 19.5. The molecule has 180 valence electrons. The molecule has 2 aromatic carbocycles. The molecule has 1 N–H and O–H groups in total. The Morgan fingerprint density at radius 1 is 1.11 bits per heavy atom. The summed E-state index contributed by atoms with van der Waals surface area (Å²) in [6.45, 7) is 2.45. The molecule has 0 bridgehead atoms. The molecule has 0 fully saturated rings. The van der Waals surface area contributed by atoms with E-state index in [1.54, 1.807) is 35.4 Å². The number of hydrogen-bond donors (Lipinski definition) is 1. The highest BCUT2D eigenvalue weighted by molar-refractivity contribution is 6.02. The largest absolute Gasteiger partial charge is 0.485 e. The fourth-order valence-electron chi connectivity index (χ4n) is 3.74. The van der Waals surface area contributed by atoms with Crippen LogP contribution in [0, 0.1) is 6.92 Å². The first-order valence-corrected chi connectivity index (χ1v) is 11.5. The molecule has 0 aliphatic carbocycles. The molecule has 35 heavy (non-hydrogen) atoms. The Morgan fingerprint density at radius 2 is 2.00 bits per heavy atom. The van der Waals surface area contributed by atoms with Gasteiger partial charge < -0.3 is 19.7 Å². The van der Waals surface area contributed by atoms with E-state index in [9.17, 15) is 14.4 Å². The molecule has 4 rings (SSSR count). The van der Waals surface area contributed by atoms with Crippen molar-refractivity contribution in [2.75, 3.05) is 24.7 Å². The third-order valence-corrected chi connectivity index (χ3v) is 5.56. The van der Waals surface area contributed by atoms with Crippen LogP contribution in [-0.2, 0) is 16.1 Å². The van der Waals surface area contributed by atoms with E-state index in [1.165, 1.54) is 0 Å². The Bertz CT molecular complexity index is 1210. The number of nitrogens with one attached hydrogen (secondary N) is 1. The monoisotopic (exact) mass is 473 g/mol. The Labute approximate surface area is 203 Å². The van der Waals surface area contributed by atoms with Crippen LogP contribution in [0.4, 0.5) is 5.69 Å². The number of aromatic nitrogens is 1. The molecule has 2 amide bonds. The number of nitrogens with zero attached hydrogens (tertiary/aromatic N) is 2. The Kier molecular flexibility index (Phi) is 7.72. The molecule has 1 aliphatic rings. The number of Topliss-reactive ketones (excluding diaryl/α,β-unsaturated/α-hetero) is 1. The molecule has 0 atom stereocenters. The summed E-state index contributed by atoms with van der Waals surface area (Å²) >= 11 is 0. The number of carbonyl (C=O) groups excluding carboxylic acids is 3. The summed E-state index contributed by atoms with van der Waals surface area (Å²) in [5.41, 5.74) is 2.77. The van der Waals surface area contributed by atoms with Crippen molar-refractivity contribution in [2.45, 2.75) is 26.3 Å². The van der Waals surface area contributed by atoms with Crippen LogP contribution in [0.3, 0.4) is 0 Å². The van der Waals surface area contributed by atoms with E-state index < -0.39 is 0 Å². The van der Waals surface area contributed by atoms with Gasteiger partial charge in [-0.25, -0.2) is 0 Å². The second-order valence-corrected chi connectivity index (χ2v) is 8.25. The first-order valence-electron chi connectivity index (χ1n) is 11.5. The maximum absolute atomic E-state index is 12.7. The summed E-state index contributed by atoms with van der Waals surface area (Å²) in [5.74, 6) is 0.611. The first-order chi connectivity index (χ1) is 17.0. The highest BCUT2D eigenvalue weighted by Crippen LogP contribution is 2.33. The van der Waals surface area contributed by atoms with Gasteiger partial charge in [-0.2, -0.15) is 0 Å². The van der Waals surface area contributed by atoms with Crippen LogP contribution in [0.1, 0.15) is 34.5 Å². The fraction of sp³-hybridized carbons (Fsp3) is 0.259. The molecule has 0 unspecified atom stereocenters. The van der Waals surface area contributed by atoms with Gasteiger partial charge in [0.2, 0.25) is 5.91 Å². The van der Waals surface area contributed by atoms with Crippen LogP contribution >= 0.6 is 0 Å². The third kappa shape index (κ3) is 6.44. The smallest absolute Gasteiger partial charge is 0.265 e. The number of fused-ring (bicyclic) bond motifs is 1. The number of anilines is 1. The molecule has 0 saturated carbocycles. The summed E-state index contributed by atoms with van der Waals surface area (Å²) in [6.07, 6.45) is 2.40. The van der Waals surface area contributed by atoms with Crippen LogP contribution < -0.4 is 19.7 Å². The lowest BCUT2D eigenvalue weighted by atomic mass is 10.1. The van der Waals surface area contributed by atoms with Gasteiger partial charge in [0.15, 0.2) is 19.0 Å². The van der Waals surface area contributed by atoms with Crippen molar-refractivity contribution in [3.63, 3.8) is 0 Å². The number of amides is 2. The lowest BCUT2D eigenvalue weighted by Gasteiger charge is -2.29. The maximum Gasteiger partial charge on any atom is 0.265 e. The van der Waals surface area contributed by atoms with Crippen molar-refractivity contribution in [3.8, 4) is 11.5 Å². The highest BCUT2D eigenvalue weighted by atomic mass is 16.5. The zero-order valence-electron chi connectivity index (χ0n) is 19.5. The Balaban J connectivity index is 1.34. The topological polar surface area (TPSA) is 97.8 Å². The summed E-state index contributed by atoms with van der Waals surface area (Å²) < 4.78 is 11.2. The molecule has 1 aromatic heterocycles. The van der Waals surface area contributed by atoms with Crippen molar-refractivity contribution in [1.82, 2.24) is 10.3 Å². The van der Waals surface area contributed by atoms with Crippen molar-refractivity contribution in [1.29, 1.82) is 0 Å². The second-order valence-electron chi connectivity index (χ2n) is 8.25. The van der Waals surface area contributed by atoms with Gasteiger partial charge in [0.05, 0.1) is 17.9 Å². The third-order valence-electron chi connectivity index (χ3n) is 5.56. The van der Waals surface area contributed by atoms with Gasteiger partial charge in [-0.1, -0.05) is 18.2 Å². The van der Waals surface area contributed by atoms with E-state index in [0.717, 1.165) is 11.3 Å². The highest BCUT2D eigenvalue weighted by Gasteiger charge is 2.26. The van der Waals surface area contributed by atoms with E-state index in [-0.39, 0.29) is 37.2 Å². The van der Waals surface area contributed by atoms with Crippen molar-refractivity contribution < 1.29 is 23.9 Å². The van der Waals surface area contributed by atoms with Crippen molar-refractivity contribution >= 4 is 23.3 Å². The first kappa shape index (κ1) is 23.9. The normalized spacial score (nSPS) is 12.5. The number of rotatable bonds is 10. The van der Waals surface area contributed by atoms with Crippen molar-refractivity contribution in [2.24, 2.45) is 0 Å². The number of aryl methyl sites for hydroxylation is 1. The zero-order chi connectivity index (χ0) is 24.6. The molecule has 3 aromatic rings. The minimum Gasteiger partial charge on any atom is -0.485 e. The number of ether oxygens (including phenoxy) is 2. The number of hydrogen-bond acceptors (Lipinski definition) is 6. The fourth-order valence-corrected chi connectivity index (χ4v) is 3.74. The summed E-state index contributed by atoms with van der Waals surface area (Å²) in [4.78, 5) is 43.3. The van der Waals surface area contributed by atoms with E-state index >= 15 is 0 Å². The van der Waals surface area contributed by atoms with E-state index in [4.69, 9.17) is 9.47 Å². The number of ketones is 1. The SMILES string of the molecule is Cc1cccc(OCC(=O)c2ccc3c(c2)N(CCCC(=O)NCc2ccccn2)C(=O)CO3)c1. The lowest BCUT2D eigenvalue weighted by Crippen LogP contribution is -2.40. The maximum atomic E-state index is 12.7. The number of carbonyl (C=O) groups is 3. The van der Waals surface area contributed by atoms with Gasteiger partial charge in [-0.3, -0.25) is 19.4 Å². The minimum atomic E-state index is -0.216. The molecule has 0 spiro atoms. The van der Waals surface area contributed by atoms with Gasteiger partial charge in [-0.05, 0) is 61.4 Å². The van der Waals surface area contributed by atoms with Gasteiger partial charge in [0.1, 0.15) is 11.5 Å². The van der Waals surface area contributed by atoms with Crippen LogP contribution in [-0.4, -0.2) is 42.3 Å². The van der Waals surface area contributed by atoms with E-state index in [2.05, 4.69) is 10.3 Å². The lowest BCUT2D eigenvalue weighted by molar-refractivity contribution is -0.123. The summed E-state index contributed by atoms with van der Waals surface area (Å²) in [6, 6.07) is 18.0. The van der Waals surface area contributed by atoms with Crippen LogP contribution in [0.2, 0.25) is 0 Å². The number of benzene rings is 2. The molecular formula is C27H27N3O5. The van der Waals surface area contributed by atoms with Gasteiger partial charge >= 0.3 is 0 Å². The molecule has 1 aliphatic heterocycles. The molecule has 2 heterocycles. The summed E-state index contributed by atoms with van der Waals surface area (Å²) in [7, 11) is 0. The second kappa shape index (κ2) is 11.3. The standard InChI is InChI=1S/C27H27N3O5/c1-19-6-4-8-22(14-19)34-17-24(31)20-10-11-25-23(15-20)30(27(33)18-35-25)13-5-9-26(32)29-16-21-7-2-3-12-28-21/h2-4,6-8,10-12,14-15H,5,9,13,16-18H2,1H3,(H,29,32). The van der Waals surface area contributed by atoms with Crippen LogP contribution in [0.15, 0.2) is 66.9 Å². The average molecular weight is 474 g/mol. The van der Waals surface area contributed by atoms with E-state index in [0.29, 0.717) is 42.3 Å². The summed E-state index contributed by atoms with van der Waals surface area (Å²) in [5, 5.41) is 2.83. The minimum absolute atomic E-state index is 0.0807. The molecule has 0 radical (unpaired) electrons. The quantitative estimate of drug-likeness (QED) is 0.453. The Hall–Kier alpha value is -4.20. The van der Waals surface area contributed by atoms with E-state index in [1.807, 2.05) is 43.3 Å². The van der Waals surface area contributed by atoms with Crippen molar-refractivity contribution in [3.05, 3.63) is 83.7 Å². The van der Waals surface area contributed by atoms with Gasteiger partial charge in [0.25, 0.3) is 5.91 Å². The van der Waals surface area contributed by atoms with Gasteiger partial charge in [-0.15, -0.1) is 0 Å². The van der Waals surface area contributed by atoms with Crippen LogP contribution in [0.5, 0.6) is 11.5 Å². The Morgan fingerprint density at radius 3 is 2.80 bits per heavy atom. The van der Waals surface area contributed by atoms with Crippen LogP contribution in [0.25, 0.3) is 0 Å². The van der Waals surface area contributed by atoms with Gasteiger partial charge in [0, 0.05) is 24.7 Å². The molecule has 8 heteroatoms. The predicted molar refractivity (Wildman–Crippen MR) is 131 cm³/mol. The molecular weight excluding hydrogens is 446 g/mol. The number of pyridine rings is 1. The predicted octanol–water partition coefficient (Wildman–Crippen LogP) is 3.47. The molecule has 8 nitrogen and oxygen atoms in total.